The van der Waals surface area contributed by atoms with Gasteiger partial charge in [-0.1, -0.05) is 24.3 Å². The number of aryl methyl sites for hydroxylation is 2. The number of aromatic nitrogens is 1. The number of amides is 1. The number of rotatable bonds is 3. The fourth-order valence-electron chi connectivity index (χ4n) is 4.40. The van der Waals surface area contributed by atoms with Gasteiger partial charge in [-0.3, -0.25) is 4.79 Å². The number of nitrogens with one attached hydrogen (secondary N) is 1. The normalized spacial score (nSPS) is 18.1. The first-order chi connectivity index (χ1) is 13.4. The number of nitrogens with zero attached hydrogens (tertiary/aromatic N) is 2. The van der Waals surface area contributed by atoms with Gasteiger partial charge in [-0.2, -0.15) is 4.31 Å². The predicted molar refractivity (Wildman–Crippen MR) is 108 cm³/mol. The minimum Gasteiger partial charge on any atom is -0.361 e. The van der Waals surface area contributed by atoms with E-state index in [1.54, 1.807) is 18.7 Å². The SMILES string of the molecule is Cc1[nH]c(C)c(S(=O)(=O)N2CCc3ccccc3C2)c1C(=O)N1CCCCC1. The second-order valence-corrected chi connectivity index (χ2v) is 9.66. The molecule has 2 aromatic rings. The van der Waals surface area contributed by atoms with E-state index >= 15 is 0 Å². The average Bonchev–Trinajstić information content (AvgIpc) is 3.02. The number of H-pyrrole nitrogens is 1. The fraction of sp³-hybridized carbons (Fsp3) is 0.476. The molecule has 1 aromatic carbocycles. The van der Waals surface area contributed by atoms with Crippen LogP contribution in [0, 0.1) is 13.8 Å². The van der Waals surface area contributed by atoms with Crippen molar-refractivity contribution in [2.24, 2.45) is 0 Å². The highest BCUT2D eigenvalue weighted by atomic mass is 32.2. The third-order valence-electron chi connectivity index (χ3n) is 5.87. The number of carbonyl (C=O) groups is 1. The van der Waals surface area contributed by atoms with Gasteiger partial charge in [-0.25, -0.2) is 8.42 Å². The lowest BCUT2D eigenvalue weighted by atomic mass is 10.0. The zero-order valence-electron chi connectivity index (χ0n) is 16.5. The molecule has 2 aliphatic rings. The number of hydrogen-bond acceptors (Lipinski definition) is 3. The van der Waals surface area contributed by atoms with E-state index < -0.39 is 10.0 Å². The van der Waals surface area contributed by atoms with Gasteiger partial charge in [0.05, 0.1) is 5.56 Å². The second kappa shape index (κ2) is 7.37. The highest BCUT2D eigenvalue weighted by Gasteiger charge is 2.36. The lowest BCUT2D eigenvalue weighted by Crippen LogP contribution is -2.39. The summed E-state index contributed by atoms with van der Waals surface area (Å²) in [7, 11) is -3.77. The van der Waals surface area contributed by atoms with E-state index in [9.17, 15) is 13.2 Å². The molecule has 7 heteroatoms. The molecule has 0 unspecified atom stereocenters. The summed E-state index contributed by atoms with van der Waals surface area (Å²) in [5.74, 6) is -0.169. The zero-order valence-corrected chi connectivity index (χ0v) is 17.3. The molecule has 1 saturated heterocycles. The van der Waals surface area contributed by atoms with E-state index in [-0.39, 0.29) is 10.8 Å². The second-order valence-electron chi connectivity index (χ2n) is 7.79. The molecule has 3 heterocycles. The molecule has 28 heavy (non-hydrogen) atoms. The quantitative estimate of drug-likeness (QED) is 0.859. The number of fused-ring (bicyclic) bond motifs is 1. The number of carbonyl (C=O) groups excluding carboxylic acids is 1. The minimum absolute atomic E-state index is 0.153. The van der Waals surface area contributed by atoms with E-state index in [4.69, 9.17) is 0 Å². The van der Waals surface area contributed by atoms with Crippen molar-refractivity contribution in [3.63, 3.8) is 0 Å². The Labute approximate surface area is 166 Å². The standard InChI is InChI=1S/C21H27N3O3S/c1-15-19(21(25)23-11-6-3-7-12-23)20(16(2)22-15)28(26,27)24-13-10-17-8-4-5-9-18(17)14-24/h4-5,8-9,22H,3,6-7,10-14H2,1-2H3. The monoisotopic (exact) mass is 401 g/mol. The van der Waals surface area contributed by atoms with Gasteiger partial charge in [0.1, 0.15) is 4.90 Å². The fourth-order valence-corrected chi connectivity index (χ4v) is 6.23. The van der Waals surface area contributed by atoms with E-state index in [0.717, 1.165) is 24.8 Å². The van der Waals surface area contributed by atoms with Crippen LogP contribution in [0.5, 0.6) is 0 Å². The maximum absolute atomic E-state index is 13.6. The Hall–Kier alpha value is -2.12. The molecule has 1 aromatic heterocycles. The number of piperidine rings is 1. The molecule has 0 aliphatic carbocycles. The van der Waals surface area contributed by atoms with Crippen LogP contribution in [-0.2, 0) is 23.0 Å². The summed E-state index contributed by atoms with van der Waals surface area (Å²) in [5, 5.41) is 0. The van der Waals surface area contributed by atoms with Gasteiger partial charge >= 0.3 is 0 Å². The molecule has 1 fully saturated rings. The summed E-state index contributed by atoms with van der Waals surface area (Å²) in [6.07, 6.45) is 3.75. The van der Waals surface area contributed by atoms with Crippen LogP contribution in [0.2, 0.25) is 0 Å². The van der Waals surface area contributed by atoms with Gasteiger partial charge in [-0.15, -0.1) is 0 Å². The maximum atomic E-state index is 13.6. The third kappa shape index (κ3) is 3.26. The highest BCUT2D eigenvalue weighted by molar-refractivity contribution is 7.89. The maximum Gasteiger partial charge on any atom is 0.257 e. The number of benzene rings is 1. The Morgan fingerprint density at radius 1 is 0.964 bits per heavy atom. The molecule has 1 N–H and O–H groups in total. The van der Waals surface area contributed by atoms with E-state index in [1.165, 1.54) is 9.87 Å². The first-order valence-electron chi connectivity index (χ1n) is 9.95. The molecule has 4 rings (SSSR count). The van der Waals surface area contributed by atoms with Crippen molar-refractivity contribution in [3.05, 3.63) is 52.3 Å². The molecule has 0 radical (unpaired) electrons. The smallest absolute Gasteiger partial charge is 0.257 e. The van der Waals surface area contributed by atoms with Crippen molar-refractivity contribution in [1.82, 2.24) is 14.2 Å². The van der Waals surface area contributed by atoms with E-state index in [1.807, 2.05) is 18.2 Å². The molecule has 0 bridgehead atoms. The molecule has 1 amide bonds. The molecule has 0 atom stereocenters. The molecular formula is C21H27N3O3S. The van der Waals surface area contributed by atoms with Crippen molar-refractivity contribution in [2.75, 3.05) is 19.6 Å². The Morgan fingerprint density at radius 3 is 2.36 bits per heavy atom. The van der Waals surface area contributed by atoms with Crippen LogP contribution in [0.15, 0.2) is 29.2 Å². The van der Waals surface area contributed by atoms with Crippen molar-refractivity contribution >= 4 is 15.9 Å². The van der Waals surface area contributed by atoms with Crippen LogP contribution in [0.4, 0.5) is 0 Å². The largest absolute Gasteiger partial charge is 0.361 e. The van der Waals surface area contributed by atoms with Gasteiger partial charge in [-0.05, 0) is 50.7 Å². The van der Waals surface area contributed by atoms with Crippen LogP contribution < -0.4 is 0 Å². The molecule has 6 nitrogen and oxygen atoms in total. The van der Waals surface area contributed by atoms with Crippen molar-refractivity contribution < 1.29 is 13.2 Å². The van der Waals surface area contributed by atoms with Gasteiger partial charge in [0.15, 0.2) is 0 Å². The molecule has 0 saturated carbocycles. The topological polar surface area (TPSA) is 73.5 Å². The van der Waals surface area contributed by atoms with Crippen LogP contribution in [0.1, 0.15) is 52.1 Å². The number of aromatic amines is 1. The summed E-state index contributed by atoms with van der Waals surface area (Å²) >= 11 is 0. The average molecular weight is 402 g/mol. The molecule has 0 spiro atoms. The van der Waals surface area contributed by atoms with Gasteiger partial charge in [0.2, 0.25) is 10.0 Å². The first-order valence-corrected chi connectivity index (χ1v) is 11.4. The van der Waals surface area contributed by atoms with Crippen LogP contribution in [0.25, 0.3) is 0 Å². The van der Waals surface area contributed by atoms with E-state index in [0.29, 0.717) is 49.6 Å². The Kier molecular flexibility index (Phi) is 5.05. The van der Waals surface area contributed by atoms with Crippen LogP contribution in [0.3, 0.4) is 0 Å². The minimum atomic E-state index is -3.77. The first kappa shape index (κ1) is 19.2. The number of likely N-dealkylation sites (tertiary alicyclic amines) is 1. The Balaban J connectivity index is 1.71. The van der Waals surface area contributed by atoms with Crippen molar-refractivity contribution in [1.29, 1.82) is 0 Å². The zero-order chi connectivity index (χ0) is 19.9. The highest BCUT2D eigenvalue weighted by Crippen LogP contribution is 2.31. The molecule has 150 valence electrons. The van der Waals surface area contributed by atoms with Crippen molar-refractivity contribution in [2.45, 2.75) is 51.0 Å². The van der Waals surface area contributed by atoms with E-state index in [2.05, 4.69) is 11.1 Å². The Morgan fingerprint density at radius 2 is 1.64 bits per heavy atom. The van der Waals surface area contributed by atoms with Gasteiger partial charge in [0, 0.05) is 37.6 Å². The Bertz CT molecular complexity index is 1000. The predicted octanol–water partition coefficient (Wildman–Crippen LogP) is 3.00. The third-order valence-corrected chi connectivity index (χ3v) is 7.89. The summed E-state index contributed by atoms with van der Waals surface area (Å²) in [5.41, 5.74) is 3.71. The summed E-state index contributed by atoms with van der Waals surface area (Å²) in [6.45, 7) is 5.69. The van der Waals surface area contributed by atoms with Gasteiger partial charge < -0.3 is 9.88 Å². The molecule has 2 aliphatic heterocycles. The summed E-state index contributed by atoms with van der Waals surface area (Å²) in [4.78, 5) is 18.3. The van der Waals surface area contributed by atoms with Crippen LogP contribution >= 0.6 is 0 Å². The number of hydrogen-bond donors (Lipinski definition) is 1. The number of sulfonamides is 1. The summed E-state index contributed by atoms with van der Waals surface area (Å²) < 4.78 is 28.7. The van der Waals surface area contributed by atoms with Crippen molar-refractivity contribution in [3.8, 4) is 0 Å². The van der Waals surface area contributed by atoms with Crippen LogP contribution in [-0.4, -0.2) is 48.1 Å². The molecular weight excluding hydrogens is 374 g/mol. The van der Waals surface area contributed by atoms with Gasteiger partial charge in [0.25, 0.3) is 5.91 Å². The summed E-state index contributed by atoms with van der Waals surface area (Å²) in [6, 6.07) is 7.95. The lowest BCUT2D eigenvalue weighted by molar-refractivity contribution is 0.0720. The lowest BCUT2D eigenvalue weighted by Gasteiger charge is -2.30.